The third kappa shape index (κ3) is 2.24. The van der Waals surface area contributed by atoms with Gasteiger partial charge in [0.2, 0.25) is 0 Å². The molecular formula is C13H18O. The quantitative estimate of drug-likeness (QED) is 0.724. The van der Waals surface area contributed by atoms with Gasteiger partial charge < -0.3 is 5.11 Å². The topological polar surface area (TPSA) is 20.2 Å². The first-order chi connectivity index (χ1) is 6.62. The molecule has 0 aliphatic heterocycles. The van der Waals surface area contributed by atoms with Crippen LogP contribution in [0.4, 0.5) is 0 Å². The van der Waals surface area contributed by atoms with Crippen LogP contribution in [0.1, 0.15) is 24.5 Å². The van der Waals surface area contributed by atoms with Gasteiger partial charge >= 0.3 is 0 Å². The van der Waals surface area contributed by atoms with E-state index in [9.17, 15) is 5.11 Å². The fourth-order valence-electron chi connectivity index (χ4n) is 1.55. The third-order valence-electron chi connectivity index (χ3n) is 2.69. The van der Waals surface area contributed by atoms with Crippen LogP contribution < -0.4 is 0 Å². The van der Waals surface area contributed by atoms with E-state index in [0.29, 0.717) is 0 Å². The largest absolute Gasteiger partial charge is 0.395 e. The van der Waals surface area contributed by atoms with Crippen LogP contribution in [0, 0.1) is 6.92 Å². The molecule has 76 valence electrons. The standard InChI is InChI=1S/C13H18O/c1-4-9-13(3,10-14)12-7-5-11(2)6-8-12/h4-8,14H,1,9-10H2,2-3H3. The summed E-state index contributed by atoms with van der Waals surface area (Å²) in [5.74, 6) is 0. The van der Waals surface area contributed by atoms with Crippen molar-refractivity contribution in [2.45, 2.75) is 25.7 Å². The molecule has 0 fully saturated rings. The SMILES string of the molecule is C=CCC(C)(CO)c1ccc(C)cc1. The van der Waals surface area contributed by atoms with Gasteiger partial charge in [-0.15, -0.1) is 6.58 Å². The Balaban J connectivity index is 2.99. The van der Waals surface area contributed by atoms with E-state index in [0.717, 1.165) is 6.42 Å². The second-order valence-corrected chi connectivity index (χ2v) is 4.08. The Bertz CT molecular complexity index is 300. The number of hydrogen-bond donors (Lipinski definition) is 1. The van der Waals surface area contributed by atoms with Crippen molar-refractivity contribution in [3.05, 3.63) is 48.0 Å². The van der Waals surface area contributed by atoms with Crippen molar-refractivity contribution >= 4 is 0 Å². The number of aryl methyl sites for hydroxylation is 1. The van der Waals surface area contributed by atoms with Crippen molar-refractivity contribution in [1.29, 1.82) is 0 Å². The first kappa shape index (κ1) is 11.0. The Kier molecular flexibility index (Phi) is 3.48. The normalized spacial score (nSPS) is 14.8. The lowest BCUT2D eigenvalue weighted by Gasteiger charge is -2.26. The number of allylic oxidation sites excluding steroid dienone is 1. The summed E-state index contributed by atoms with van der Waals surface area (Å²) in [4.78, 5) is 0. The maximum absolute atomic E-state index is 9.39. The highest BCUT2D eigenvalue weighted by molar-refractivity contribution is 5.28. The molecule has 0 aliphatic rings. The minimum absolute atomic E-state index is 0.155. The van der Waals surface area contributed by atoms with Crippen molar-refractivity contribution in [3.63, 3.8) is 0 Å². The molecule has 1 rings (SSSR count). The molecule has 0 saturated carbocycles. The highest BCUT2D eigenvalue weighted by Crippen LogP contribution is 2.27. The monoisotopic (exact) mass is 190 g/mol. The zero-order valence-electron chi connectivity index (χ0n) is 8.96. The summed E-state index contributed by atoms with van der Waals surface area (Å²) in [5.41, 5.74) is 2.23. The molecule has 14 heavy (non-hydrogen) atoms. The highest BCUT2D eigenvalue weighted by atomic mass is 16.3. The van der Waals surface area contributed by atoms with E-state index in [1.807, 2.05) is 6.08 Å². The van der Waals surface area contributed by atoms with Crippen LogP contribution >= 0.6 is 0 Å². The van der Waals surface area contributed by atoms with E-state index in [1.54, 1.807) is 0 Å². The summed E-state index contributed by atoms with van der Waals surface area (Å²) in [7, 11) is 0. The fraction of sp³-hybridized carbons (Fsp3) is 0.385. The molecule has 1 aromatic carbocycles. The Morgan fingerprint density at radius 1 is 1.36 bits per heavy atom. The average molecular weight is 190 g/mol. The molecule has 1 heteroatoms. The molecule has 0 saturated heterocycles. The summed E-state index contributed by atoms with van der Waals surface area (Å²) >= 11 is 0. The Hall–Kier alpha value is -1.08. The second-order valence-electron chi connectivity index (χ2n) is 4.08. The first-order valence-electron chi connectivity index (χ1n) is 4.91. The van der Waals surface area contributed by atoms with Crippen molar-refractivity contribution < 1.29 is 5.11 Å². The number of aliphatic hydroxyl groups is 1. The predicted molar refractivity (Wildman–Crippen MR) is 60.4 cm³/mol. The molecule has 1 aromatic rings. The van der Waals surface area contributed by atoms with E-state index in [-0.39, 0.29) is 12.0 Å². The Labute approximate surface area is 86.1 Å². The molecule has 0 heterocycles. The molecule has 0 spiro atoms. The molecule has 0 radical (unpaired) electrons. The van der Waals surface area contributed by atoms with Crippen molar-refractivity contribution in [2.75, 3.05) is 6.61 Å². The van der Waals surface area contributed by atoms with E-state index < -0.39 is 0 Å². The van der Waals surface area contributed by atoms with Gasteiger partial charge in [0.15, 0.2) is 0 Å². The van der Waals surface area contributed by atoms with Gasteiger partial charge in [-0.2, -0.15) is 0 Å². The fourth-order valence-corrected chi connectivity index (χ4v) is 1.55. The number of hydrogen-bond acceptors (Lipinski definition) is 1. The molecular weight excluding hydrogens is 172 g/mol. The van der Waals surface area contributed by atoms with Crippen LogP contribution in [0.25, 0.3) is 0 Å². The lowest BCUT2D eigenvalue weighted by molar-refractivity contribution is 0.207. The lowest BCUT2D eigenvalue weighted by Crippen LogP contribution is -2.25. The highest BCUT2D eigenvalue weighted by Gasteiger charge is 2.23. The van der Waals surface area contributed by atoms with Crippen LogP contribution in [0.3, 0.4) is 0 Å². The Morgan fingerprint density at radius 2 is 1.93 bits per heavy atom. The van der Waals surface area contributed by atoms with Gasteiger partial charge in [-0.05, 0) is 18.9 Å². The van der Waals surface area contributed by atoms with Gasteiger partial charge in [-0.25, -0.2) is 0 Å². The molecule has 0 bridgehead atoms. The first-order valence-corrected chi connectivity index (χ1v) is 4.91. The summed E-state index contributed by atoms with van der Waals surface area (Å²) < 4.78 is 0. The molecule has 1 N–H and O–H groups in total. The number of aliphatic hydroxyl groups excluding tert-OH is 1. The summed E-state index contributed by atoms with van der Waals surface area (Å²) in [6.45, 7) is 8.00. The number of benzene rings is 1. The van der Waals surface area contributed by atoms with Gasteiger partial charge in [-0.1, -0.05) is 42.8 Å². The molecule has 1 unspecified atom stereocenters. The molecule has 0 aliphatic carbocycles. The van der Waals surface area contributed by atoms with E-state index >= 15 is 0 Å². The lowest BCUT2D eigenvalue weighted by atomic mass is 9.80. The van der Waals surface area contributed by atoms with Crippen molar-refractivity contribution in [3.8, 4) is 0 Å². The van der Waals surface area contributed by atoms with Gasteiger partial charge in [-0.3, -0.25) is 0 Å². The summed E-state index contributed by atoms with van der Waals surface area (Å²) in [6, 6.07) is 8.31. The molecule has 0 amide bonds. The molecule has 0 aromatic heterocycles. The van der Waals surface area contributed by atoms with Crippen LogP contribution in [0.2, 0.25) is 0 Å². The van der Waals surface area contributed by atoms with Gasteiger partial charge in [0.05, 0.1) is 6.61 Å². The maximum Gasteiger partial charge on any atom is 0.0528 e. The van der Waals surface area contributed by atoms with Gasteiger partial charge in [0.1, 0.15) is 0 Å². The van der Waals surface area contributed by atoms with Crippen LogP contribution in [-0.2, 0) is 5.41 Å². The zero-order valence-corrected chi connectivity index (χ0v) is 8.96. The van der Waals surface area contributed by atoms with E-state index in [4.69, 9.17) is 0 Å². The summed E-state index contributed by atoms with van der Waals surface area (Å²) in [6.07, 6.45) is 2.66. The van der Waals surface area contributed by atoms with Crippen LogP contribution in [-0.4, -0.2) is 11.7 Å². The minimum atomic E-state index is -0.185. The third-order valence-corrected chi connectivity index (χ3v) is 2.69. The summed E-state index contributed by atoms with van der Waals surface area (Å²) in [5, 5.41) is 9.39. The van der Waals surface area contributed by atoms with Crippen molar-refractivity contribution in [1.82, 2.24) is 0 Å². The van der Waals surface area contributed by atoms with E-state index in [2.05, 4.69) is 44.7 Å². The zero-order chi connectivity index (χ0) is 10.6. The molecule has 1 atom stereocenters. The predicted octanol–water partition coefficient (Wildman–Crippen LogP) is 2.82. The molecule has 1 nitrogen and oxygen atoms in total. The van der Waals surface area contributed by atoms with E-state index in [1.165, 1.54) is 11.1 Å². The number of rotatable bonds is 4. The van der Waals surface area contributed by atoms with Gasteiger partial charge in [0.25, 0.3) is 0 Å². The Morgan fingerprint density at radius 3 is 2.36 bits per heavy atom. The average Bonchev–Trinajstić information content (AvgIpc) is 2.19. The van der Waals surface area contributed by atoms with Crippen molar-refractivity contribution in [2.24, 2.45) is 0 Å². The van der Waals surface area contributed by atoms with Crippen LogP contribution in [0.5, 0.6) is 0 Å². The van der Waals surface area contributed by atoms with Crippen LogP contribution in [0.15, 0.2) is 36.9 Å². The smallest absolute Gasteiger partial charge is 0.0528 e. The maximum atomic E-state index is 9.39. The van der Waals surface area contributed by atoms with Gasteiger partial charge in [0, 0.05) is 5.41 Å². The minimum Gasteiger partial charge on any atom is -0.395 e. The second kappa shape index (κ2) is 4.43.